The Hall–Kier alpha value is -1.64. The predicted molar refractivity (Wildman–Crippen MR) is 57.2 cm³/mol. The first kappa shape index (κ1) is 8.94. The molecule has 1 N–H and O–H groups in total. The summed E-state index contributed by atoms with van der Waals surface area (Å²) in [6.45, 7) is 3.88. The van der Waals surface area contributed by atoms with Gasteiger partial charge in [-0.2, -0.15) is 0 Å². The summed E-state index contributed by atoms with van der Waals surface area (Å²) in [5, 5.41) is 2.83. The lowest BCUT2D eigenvalue weighted by atomic mass is 10.2. The molecule has 2 rings (SSSR count). The van der Waals surface area contributed by atoms with Gasteiger partial charge in [0.25, 0.3) is 0 Å². The number of fused-ring (bicyclic) bond motifs is 1. The second-order valence-electron chi connectivity index (χ2n) is 3.59. The molecule has 1 aliphatic heterocycles. The topological polar surface area (TPSA) is 41.5 Å². The van der Waals surface area contributed by atoms with Crippen LogP contribution in [0.2, 0.25) is 0 Å². The molecule has 1 aromatic rings. The van der Waals surface area contributed by atoms with Crippen LogP contribution in [0.15, 0.2) is 23.2 Å². The third-order valence-corrected chi connectivity index (χ3v) is 2.16. The molecule has 1 aromatic carbocycles. The van der Waals surface area contributed by atoms with Gasteiger partial charge in [-0.15, -0.1) is 0 Å². The van der Waals surface area contributed by atoms with Crippen molar-refractivity contribution in [2.45, 2.75) is 20.3 Å². The summed E-state index contributed by atoms with van der Waals surface area (Å²) >= 11 is 0. The van der Waals surface area contributed by atoms with Gasteiger partial charge in [0.15, 0.2) is 0 Å². The molecule has 0 saturated carbocycles. The van der Waals surface area contributed by atoms with Crippen LogP contribution >= 0.6 is 0 Å². The van der Waals surface area contributed by atoms with E-state index in [1.54, 1.807) is 0 Å². The number of aryl methyl sites for hydroxylation is 1. The molecule has 0 radical (unpaired) electrons. The van der Waals surface area contributed by atoms with E-state index in [0.717, 1.165) is 22.6 Å². The molecule has 0 aliphatic carbocycles. The minimum atomic E-state index is 0.00820. The lowest BCUT2D eigenvalue weighted by molar-refractivity contribution is -0.115. The molecule has 0 atom stereocenters. The number of aliphatic imine (C=N–C) groups is 1. The zero-order chi connectivity index (χ0) is 10.1. The molecule has 3 heteroatoms. The second-order valence-corrected chi connectivity index (χ2v) is 3.59. The highest BCUT2D eigenvalue weighted by Crippen LogP contribution is 2.28. The van der Waals surface area contributed by atoms with Crippen molar-refractivity contribution in [3.8, 4) is 0 Å². The molecule has 0 spiro atoms. The Kier molecular flexibility index (Phi) is 2.08. The van der Waals surface area contributed by atoms with Gasteiger partial charge in [-0.1, -0.05) is 6.07 Å². The van der Waals surface area contributed by atoms with Crippen molar-refractivity contribution >= 4 is 23.0 Å². The molecule has 0 fully saturated rings. The Balaban J connectivity index is 2.54. The first-order valence-electron chi connectivity index (χ1n) is 4.60. The standard InChI is InChI=1S/C11H12N2O/c1-7-3-4-9-10(5-7)12-8(2)6-11(14)13-9/h3-5H,6H2,1-2H3,(H,13,14). The summed E-state index contributed by atoms with van der Waals surface area (Å²) < 4.78 is 0. The van der Waals surface area contributed by atoms with Crippen LogP contribution in [0, 0.1) is 6.92 Å². The van der Waals surface area contributed by atoms with Crippen molar-refractivity contribution in [3.05, 3.63) is 23.8 Å². The Morgan fingerprint density at radius 2 is 2.14 bits per heavy atom. The predicted octanol–water partition coefficient (Wildman–Crippen LogP) is 2.43. The number of anilines is 1. The smallest absolute Gasteiger partial charge is 0.230 e. The molecule has 1 aliphatic rings. The van der Waals surface area contributed by atoms with E-state index >= 15 is 0 Å². The summed E-state index contributed by atoms with van der Waals surface area (Å²) in [6.07, 6.45) is 0.383. The minimum absolute atomic E-state index is 0.00820. The Bertz CT molecular complexity index is 421. The normalized spacial score (nSPS) is 15.3. The van der Waals surface area contributed by atoms with Gasteiger partial charge in [-0.05, 0) is 31.5 Å². The molecule has 0 unspecified atom stereocenters. The molecular weight excluding hydrogens is 176 g/mol. The average Bonchev–Trinajstić information content (AvgIpc) is 2.21. The highest BCUT2D eigenvalue weighted by atomic mass is 16.1. The highest BCUT2D eigenvalue weighted by Gasteiger charge is 2.12. The van der Waals surface area contributed by atoms with Crippen molar-refractivity contribution < 1.29 is 4.79 Å². The first-order valence-corrected chi connectivity index (χ1v) is 4.60. The van der Waals surface area contributed by atoms with E-state index in [0.29, 0.717) is 6.42 Å². The van der Waals surface area contributed by atoms with Crippen LogP contribution in [0.5, 0.6) is 0 Å². The van der Waals surface area contributed by atoms with Crippen molar-refractivity contribution in [1.82, 2.24) is 0 Å². The van der Waals surface area contributed by atoms with Crippen LogP contribution in [0.25, 0.3) is 0 Å². The fourth-order valence-corrected chi connectivity index (χ4v) is 1.51. The molecule has 3 nitrogen and oxygen atoms in total. The zero-order valence-corrected chi connectivity index (χ0v) is 8.29. The van der Waals surface area contributed by atoms with Gasteiger partial charge in [0.1, 0.15) is 0 Å². The average molecular weight is 188 g/mol. The van der Waals surface area contributed by atoms with Gasteiger partial charge in [-0.25, -0.2) is 0 Å². The molecule has 1 amide bonds. The third kappa shape index (κ3) is 1.66. The number of benzene rings is 1. The van der Waals surface area contributed by atoms with Gasteiger partial charge in [0.05, 0.1) is 17.8 Å². The Morgan fingerprint density at radius 3 is 2.93 bits per heavy atom. The number of carbonyl (C=O) groups is 1. The summed E-state index contributed by atoms with van der Waals surface area (Å²) in [7, 11) is 0. The van der Waals surface area contributed by atoms with Crippen molar-refractivity contribution in [2.24, 2.45) is 4.99 Å². The molecule has 0 bridgehead atoms. The summed E-state index contributed by atoms with van der Waals surface area (Å²) in [4.78, 5) is 15.7. The van der Waals surface area contributed by atoms with Gasteiger partial charge in [0, 0.05) is 5.71 Å². The van der Waals surface area contributed by atoms with E-state index < -0.39 is 0 Å². The molecule has 1 heterocycles. The van der Waals surface area contributed by atoms with Gasteiger partial charge in [0.2, 0.25) is 5.91 Å². The Morgan fingerprint density at radius 1 is 1.36 bits per heavy atom. The fourth-order valence-electron chi connectivity index (χ4n) is 1.51. The number of amides is 1. The number of nitrogens with zero attached hydrogens (tertiary/aromatic N) is 1. The van der Waals surface area contributed by atoms with E-state index in [2.05, 4.69) is 10.3 Å². The van der Waals surface area contributed by atoms with E-state index in [4.69, 9.17) is 0 Å². The maximum Gasteiger partial charge on any atom is 0.230 e. The second kappa shape index (κ2) is 3.25. The van der Waals surface area contributed by atoms with Crippen LogP contribution in [-0.4, -0.2) is 11.6 Å². The van der Waals surface area contributed by atoms with Crippen molar-refractivity contribution in [3.63, 3.8) is 0 Å². The largest absolute Gasteiger partial charge is 0.324 e. The number of hydrogen-bond acceptors (Lipinski definition) is 2. The van der Waals surface area contributed by atoms with E-state index in [1.807, 2.05) is 32.0 Å². The van der Waals surface area contributed by atoms with Gasteiger partial charge in [-0.3, -0.25) is 9.79 Å². The van der Waals surface area contributed by atoms with E-state index in [-0.39, 0.29) is 5.91 Å². The quantitative estimate of drug-likeness (QED) is 0.667. The minimum Gasteiger partial charge on any atom is -0.324 e. The number of hydrogen-bond donors (Lipinski definition) is 1. The van der Waals surface area contributed by atoms with Crippen LogP contribution in [-0.2, 0) is 4.79 Å². The lowest BCUT2D eigenvalue weighted by Crippen LogP contribution is -2.12. The van der Waals surface area contributed by atoms with Gasteiger partial charge < -0.3 is 5.32 Å². The SMILES string of the molecule is CC1=Nc2cc(C)ccc2NC(=O)C1. The first-order chi connectivity index (χ1) is 6.65. The Labute approximate surface area is 82.9 Å². The molecule has 72 valence electrons. The van der Waals surface area contributed by atoms with Crippen molar-refractivity contribution in [2.75, 3.05) is 5.32 Å². The van der Waals surface area contributed by atoms with Crippen LogP contribution in [0.3, 0.4) is 0 Å². The van der Waals surface area contributed by atoms with Crippen LogP contribution in [0.1, 0.15) is 18.9 Å². The monoisotopic (exact) mass is 188 g/mol. The number of carbonyl (C=O) groups excluding carboxylic acids is 1. The summed E-state index contributed by atoms with van der Waals surface area (Å²) in [5.74, 6) is 0.00820. The fraction of sp³-hybridized carbons (Fsp3) is 0.273. The van der Waals surface area contributed by atoms with Crippen LogP contribution < -0.4 is 5.32 Å². The molecule has 0 saturated heterocycles. The summed E-state index contributed by atoms with van der Waals surface area (Å²) in [5.41, 5.74) is 3.66. The van der Waals surface area contributed by atoms with E-state index in [9.17, 15) is 4.79 Å². The highest BCUT2D eigenvalue weighted by molar-refractivity contribution is 6.09. The maximum atomic E-state index is 11.3. The lowest BCUT2D eigenvalue weighted by Gasteiger charge is -2.04. The number of rotatable bonds is 0. The van der Waals surface area contributed by atoms with Crippen LogP contribution in [0.4, 0.5) is 11.4 Å². The zero-order valence-electron chi connectivity index (χ0n) is 8.29. The van der Waals surface area contributed by atoms with E-state index in [1.165, 1.54) is 0 Å². The molecule has 0 aromatic heterocycles. The maximum absolute atomic E-state index is 11.3. The molecule has 14 heavy (non-hydrogen) atoms. The third-order valence-electron chi connectivity index (χ3n) is 2.16. The van der Waals surface area contributed by atoms with Gasteiger partial charge >= 0.3 is 0 Å². The number of nitrogens with one attached hydrogen (secondary N) is 1. The van der Waals surface area contributed by atoms with Crippen molar-refractivity contribution in [1.29, 1.82) is 0 Å². The molecular formula is C11H12N2O. The summed E-state index contributed by atoms with van der Waals surface area (Å²) in [6, 6.07) is 5.84.